The molecule has 0 aliphatic carbocycles. The Bertz CT molecular complexity index is 178. The normalized spacial score (nSPS) is 10.1. The largest absolute Gasteiger partial charge is 0.376 e. The van der Waals surface area contributed by atoms with Gasteiger partial charge in [0.05, 0.1) is 0 Å². The number of nitrogens with zero attached hydrogens (tertiary/aromatic N) is 2. The smallest absolute Gasteiger partial charge is 0.327 e. The number of amides is 2. The topological polar surface area (TPSA) is 82.5 Å². The van der Waals surface area contributed by atoms with E-state index in [0.717, 1.165) is 9.80 Å². The summed E-state index contributed by atoms with van der Waals surface area (Å²) in [5, 5.41) is 17.8. The van der Waals surface area contributed by atoms with Gasteiger partial charge in [0.15, 0.2) is 0 Å². The van der Waals surface area contributed by atoms with Crippen LogP contribution in [0.25, 0.3) is 0 Å². The van der Waals surface area contributed by atoms with Crippen molar-refractivity contribution in [1.29, 1.82) is 0 Å². The summed E-state index contributed by atoms with van der Waals surface area (Å²) in [5.41, 5.74) is 0. The molecule has 0 aromatic heterocycles. The zero-order chi connectivity index (χ0) is 11.7. The van der Waals surface area contributed by atoms with Crippen molar-refractivity contribution < 1.29 is 24.5 Å². The summed E-state index contributed by atoms with van der Waals surface area (Å²) in [7, 11) is 1.40. The number of carbonyl (C=O) groups is 1. The monoisotopic (exact) mass is 222 g/mol. The van der Waals surface area contributed by atoms with E-state index in [4.69, 9.17) is 19.7 Å². The van der Waals surface area contributed by atoms with Crippen LogP contribution in [0.5, 0.6) is 0 Å². The third-order valence-corrected chi connectivity index (χ3v) is 1.62. The maximum atomic E-state index is 11.6. The number of hydrogen-bond acceptors (Lipinski definition) is 5. The van der Waals surface area contributed by atoms with Gasteiger partial charge in [-0.2, -0.15) is 0 Å². The van der Waals surface area contributed by atoms with E-state index >= 15 is 0 Å². The van der Waals surface area contributed by atoms with E-state index in [1.165, 1.54) is 7.11 Å². The van der Waals surface area contributed by atoms with Gasteiger partial charge in [0, 0.05) is 13.7 Å². The summed E-state index contributed by atoms with van der Waals surface area (Å²) in [5.74, 6) is 0. The van der Waals surface area contributed by atoms with E-state index < -0.39 is 19.5 Å². The van der Waals surface area contributed by atoms with Gasteiger partial charge in [-0.3, -0.25) is 9.80 Å². The minimum absolute atomic E-state index is 0.0218. The highest BCUT2D eigenvalue weighted by Crippen LogP contribution is 1.98. The summed E-state index contributed by atoms with van der Waals surface area (Å²) < 4.78 is 9.69. The van der Waals surface area contributed by atoms with Crippen LogP contribution in [0.2, 0.25) is 0 Å². The van der Waals surface area contributed by atoms with Crippen molar-refractivity contribution in [2.24, 2.45) is 0 Å². The summed E-state index contributed by atoms with van der Waals surface area (Å²) in [6.45, 7) is 1.20. The van der Waals surface area contributed by atoms with Crippen molar-refractivity contribution in [2.75, 3.05) is 40.6 Å². The molecular weight excluding hydrogens is 204 g/mol. The van der Waals surface area contributed by atoms with Gasteiger partial charge in [0.1, 0.15) is 26.9 Å². The first-order valence-electron chi connectivity index (χ1n) is 4.53. The highest BCUT2D eigenvalue weighted by molar-refractivity contribution is 5.73. The molecule has 15 heavy (non-hydrogen) atoms. The molecule has 0 bridgehead atoms. The molecule has 2 amide bonds. The van der Waals surface area contributed by atoms with E-state index in [1.54, 1.807) is 6.92 Å². The Morgan fingerprint density at radius 1 is 1.20 bits per heavy atom. The summed E-state index contributed by atoms with van der Waals surface area (Å²) in [4.78, 5) is 13.6. The van der Waals surface area contributed by atoms with Gasteiger partial charge >= 0.3 is 6.03 Å². The third-order valence-electron chi connectivity index (χ3n) is 1.62. The number of aliphatic hydroxyl groups is 2. The Hall–Kier alpha value is -0.890. The van der Waals surface area contributed by atoms with E-state index in [9.17, 15) is 4.79 Å². The first-order chi connectivity index (χ1) is 7.21. The molecule has 0 spiro atoms. The van der Waals surface area contributed by atoms with Gasteiger partial charge in [0.2, 0.25) is 0 Å². The van der Waals surface area contributed by atoms with Gasteiger partial charge < -0.3 is 19.7 Å². The number of ether oxygens (including phenoxy) is 2. The van der Waals surface area contributed by atoms with Crippen LogP contribution in [-0.4, -0.2) is 66.7 Å². The van der Waals surface area contributed by atoms with Crippen LogP contribution in [0.4, 0.5) is 4.79 Å². The highest BCUT2D eigenvalue weighted by Gasteiger charge is 2.19. The summed E-state index contributed by atoms with van der Waals surface area (Å²) in [6.07, 6.45) is 0. The molecule has 0 rings (SSSR count). The molecule has 0 atom stereocenters. The van der Waals surface area contributed by atoms with Crippen LogP contribution in [0.1, 0.15) is 6.92 Å². The van der Waals surface area contributed by atoms with Crippen molar-refractivity contribution in [1.82, 2.24) is 9.80 Å². The SMILES string of the molecule is CCOCN(CO)C(=O)N(CO)COC. The molecule has 7 nitrogen and oxygen atoms in total. The minimum atomic E-state index is -0.546. The molecule has 7 heteroatoms. The van der Waals surface area contributed by atoms with E-state index in [1.807, 2.05) is 0 Å². The molecule has 0 fully saturated rings. The molecule has 2 N–H and O–H groups in total. The number of rotatable bonds is 7. The second kappa shape index (κ2) is 8.42. The Labute approximate surface area is 88.8 Å². The Kier molecular flexibility index (Phi) is 7.92. The van der Waals surface area contributed by atoms with Gasteiger partial charge in [-0.1, -0.05) is 0 Å². The van der Waals surface area contributed by atoms with Crippen LogP contribution in [0.15, 0.2) is 0 Å². The second-order valence-corrected chi connectivity index (χ2v) is 2.68. The van der Waals surface area contributed by atoms with Crippen LogP contribution in [0, 0.1) is 0 Å². The first-order valence-corrected chi connectivity index (χ1v) is 4.53. The van der Waals surface area contributed by atoms with Crippen molar-refractivity contribution in [3.63, 3.8) is 0 Å². The van der Waals surface area contributed by atoms with Crippen molar-refractivity contribution in [2.45, 2.75) is 6.92 Å². The Morgan fingerprint density at radius 2 is 1.73 bits per heavy atom. The van der Waals surface area contributed by atoms with Gasteiger partial charge in [-0.05, 0) is 6.92 Å². The third kappa shape index (κ3) is 4.93. The minimum Gasteiger partial charge on any atom is -0.376 e. The van der Waals surface area contributed by atoms with Crippen LogP contribution in [-0.2, 0) is 9.47 Å². The Balaban J connectivity index is 4.20. The van der Waals surface area contributed by atoms with Crippen molar-refractivity contribution >= 4 is 6.03 Å². The number of hydrogen-bond donors (Lipinski definition) is 2. The van der Waals surface area contributed by atoms with Crippen LogP contribution >= 0.6 is 0 Å². The molecule has 90 valence electrons. The van der Waals surface area contributed by atoms with E-state index in [-0.39, 0.29) is 13.5 Å². The van der Waals surface area contributed by atoms with Gasteiger partial charge in [-0.25, -0.2) is 4.79 Å². The lowest BCUT2D eigenvalue weighted by Crippen LogP contribution is -2.45. The quantitative estimate of drug-likeness (QED) is 0.551. The molecular formula is C8H18N2O5. The lowest BCUT2D eigenvalue weighted by Gasteiger charge is -2.26. The van der Waals surface area contributed by atoms with Crippen molar-refractivity contribution in [3.8, 4) is 0 Å². The fourth-order valence-corrected chi connectivity index (χ4v) is 0.870. The number of carbonyl (C=O) groups excluding carboxylic acids is 1. The molecule has 0 aromatic rings. The lowest BCUT2D eigenvalue weighted by molar-refractivity contribution is -0.0253. The number of aliphatic hydroxyl groups excluding tert-OH is 2. The van der Waals surface area contributed by atoms with Gasteiger partial charge in [0.25, 0.3) is 0 Å². The molecule has 0 aliphatic heterocycles. The maximum absolute atomic E-state index is 11.6. The summed E-state index contributed by atoms with van der Waals surface area (Å²) >= 11 is 0. The predicted octanol–water partition coefficient (Wildman–Crippen LogP) is -0.792. The van der Waals surface area contributed by atoms with Crippen LogP contribution < -0.4 is 0 Å². The molecule has 0 radical (unpaired) electrons. The molecule has 0 saturated carbocycles. The first kappa shape index (κ1) is 14.1. The Morgan fingerprint density at radius 3 is 2.13 bits per heavy atom. The zero-order valence-corrected chi connectivity index (χ0v) is 9.05. The van der Waals surface area contributed by atoms with Gasteiger partial charge in [-0.15, -0.1) is 0 Å². The summed E-state index contributed by atoms with van der Waals surface area (Å²) in [6, 6.07) is -0.546. The molecule has 0 heterocycles. The van der Waals surface area contributed by atoms with E-state index in [2.05, 4.69) is 0 Å². The number of methoxy groups -OCH3 is 1. The molecule has 0 saturated heterocycles. The highest BCUT2D eigenvalue weighted by atomic mass is 16.5. The maximum Gasteiger partial charge on any atom is 0.327 e. The van der Waals surface area contributed by atoms with Crippen molar-refractivity contribution in [3.05, 3.63) is 0 Å². The molecule has 0 unspecified atom stereocenters. The van der Waals surface area contributed by atoms with Crippen LogP contribution in [0.3, 0.4) is 0 Å². The lowest BCUT2D eigenvalue weighted by atomic mass is 10.7. The average Bonchev–Trinajstić information content (AvgIpc) is 2.26. The fraction of sp³-hybridized carbons (Fsp3) is 0.875. The predicted molar refractivity (Wildman–Crippen MR) is 51.6 cm³/mol. The standard InChI is InChI=1S/C8H18N2O5/c1-3-15-7-10(5-12)8(13)9(4-11)6-14-2/h11-12H,3-7H2,1-2H3. The number of urea groups is 1. The van der Waals surface area contributed by atoms with E-state index in [0.29, 0.717) is 6.61 Å². The fourth-order valence-electron chi connectivity index (χ4n) is 0.870. The zero-order valence-electron chi connectivity index (χ0n) is 9.05. The second-order valence-electron chi connectivity index (χ2n) is 2.68. The molecule has 0 aliphatic rings. The molecule has 0 aromatic carbocycles. The average molecular weight is 222 g/mol.